The van der Waals surface area contributed by atoms with E-state index in [1.54, 1.807) is 18.2 Å². The van der Waals surface area contributed by atoms with E-state index in [2.05, 4.69) is 26.2 Å². The largest absolute Gasteiger partial charge is 0.771 e. The topological polar surface area (TPSA) is 64.8 Å². The van der Waals surface area contributed by atoms with Gasteiger partial charge in [0.05, 0.1) is 5.69 Å². The van der Waals surface area contributed by atoms with Crippen LogP contribution in [-0.2, 0) is 11.1 Å². The quantitative estimate of drug-likeness (QED) is 0.620. The number of nitrogens with zero attached hydrogens (tertiary/aromatic N) is 2. The van der Waals surface area contributed by atoms with Crippen LogP contribution >= 0.6 is 15.9 Å². The third kappa shape index (κ3) is 4.25. The van der Waals surface area contributed by atoms with E-state index in [1.807, 2.05) is 6.07 Å². The summed E-state index contributed by atoms with van der Waals surface area (Å²) in [6, 6.07) is 7.14. The number of hydrogen-bond donors (Lipinski definition) is 0. The Bertz CT molecular complexity index is 343. The minimum absolute atomic E-state index is 0.299. The van der Waals surface area contributed by atoms with Gasteiger partial charge in [0.25, 0.3) is 0 Å². The Morgan fingerprint density at radius 2 is 2.31 bits per heavy atom. The van der Waals surface area contributed by atoms with Crippen molar-refractivity contribution in [3.05, 3.63) is 28.7 Å². The zero-order chi connectivity index (χ0) is 9.68. The standard InChI is InChI=1S/C7H7BrN2O2S/c8-6-2-1-3-7(4-6)10-9-5-13(11)12/h1-4H,5H2,(H,11,12)/p-1. The molecule has 1 aromatic carbocycles. The maximum Gasteiger partial charge on any atom is 0.122 e. The molecule has 0 aliphatic heterocycles. The maximum absolute atomic E-state index is 10.1. The fraction of sp³-hybridized carbons (Fsp3) is 0.143. The smallest absolute Gasteiger partial charge is 0.122 e. The molecule has 0 aromatic heterocycles. The van der Waals surface area contributed by atoms with Crippen molar-refractivity contribution in [1.82, 2.24) is 0 Å². The van der Waals surface area contributed by atoms with Crippen LogP contribution in [0.5, 0.6) is 0 Å². The molecule has 0 spiro atoms. The lowest BCUT2D eigenvalue weighted by atomic mass is 10.3. The molecule has 0 saturated heterocycles. The molecule has 0 fully saturated rings. The van der Waals surface area contributed by atoms with E-state index in [-0.39, 0.29) is 5.88 Å². The fourth-order valence-electron chi connectivity index (χ4n) is 0.696. The van der Waals surface area contributed by atoms with E-state index in [0.29, 0.717) is 5.69 Å². The molecule has 0 radical (unpaired) electrons. The number of hydrogen-bond acceptors (Lipinski definition) is 4. The van der Waals surface area contributed by atoms with Gasteiger partial charge in [-0.05, 0) is 29.3 Å². The molecule has 6 heteroatoms. The first-order valence-electron chi connectivity index (χ1n) is 3.37. The van der Waals surface area contributed by atoms with Gasteiger partial charge < -0.3 is 4.55 Å². The van der Waals surface area contributed by atoms with Crippen LogP contribution < -0.4 is 0 Å². The molecule has 0 N–H and O–H groups in total. The minimum atomic E-state index is -2.17. The number of azo groups is 1. The normalized spacial score (nSPS) is 13.4. The van der Waals surface area contributed by atoms with Crippen LogP contribution in [0.15, 0.2) is 39.0 Å². The van der Waals surface area contributed by atoms with Gasteiger partial charge in [-0.1, -0.05) is 22.0 Å². The molecule has 0 heterocycles. The highest BCUT2D eigenvalue weighted by atomic mass is 79.9. The van der Waals surface area contributed by atoms with Gasteiger partial charge in [-0.15, -0.1) is 0 Å². The number of halogens is 1. The Morgan fingerprint density at radius 1 is 1.54 bits per heavy atom. The SMILES string of the molecule is O=S([O-])CN=Nc1cccc(Br)c1. The Labute approximate surface area is 86.5 Å². The van der Waals surface area contributed by atoms with Gasteiger partial charge >= 0.3 is 0 Å². The molecule has 1 atom stereocenters. The van der Waals surface area contributed by atoms with Gasteiger partial charge in [-0.2, -0.15) is 10.2 Å². The van der Waals surface area contributed by atoms with Crippen LogP contribution in [0, 0.1) is 0 Å². The summed E-state index contributed by atoms with van der Waals surface area (Å²) in [4.78, 5) is 0. The van der Waals surface area contributed by atoms with Crippen molar-refractivity contribution in [2.75, 3.05) is 5.88 Å². The zero-order valence-electron chi connectivity index (χ0n) is 6.51. The monoisotopic (exact) mass is 261 g/mol. The molecule has 1 aromatic rings. The molecule has 4 nitrogen and oxygen atoms in total. The Hall–Kier alpha value is -0.590. The van der Waals surface area contributed by atoms with Crippen molar-refractivity contribution >= 4 is 32.7 Å². The van der Waals surface area contributed by atoms with Crippen LogP contribution in [0.3, 0.4) is 0 Å². The second kappa shape index (κ2) is 5.21. The average Bonchev–Trinajstić information content (AvgIpc) is 2.03. The third-order valence-electron chi connectivity index (χ3n) is 1.16. The van der Waals surface area contributed by atoms with E-state index in [1.165, 1.54) is 0 Å². The van der Waals surface area contributed by atoms with Crippen molar-refractivity contribution in [2.24, 2.45) is 10.2 Å². The van der Waals surface area contributed by atoms with Crippen molar-refractivity contribution in [3.8, 4) is 0 Å². The lowest BCUT2D eigenvalue weighted by Gasteiger charge is -1.97. The lowest BCUT2D eigenvalue weighted by molar-refractivity contribution is 0.536. The highest BCUT2D eigenvalue weighted by Gasteiger charge is 1.89. The molecule has 1 rings (SSSR count). The van der Waals surface area contributed by atoms with Crippen LogP contribution in [-0.4, -0.2) is 14.6 Å². The summed E-state index contributed by atoms with van der Waals surface area (Å²) in [7, 11) is 0. The van der Waals surface area contributed by atoms with Crippen LogP contribution in [0.25, 0.3) is 0 Å². The minimum Gasteiger partial charge on any atom is -0.771 e. The summed E-state index contributed by atoms with van der Waals surface area (Å²) < 4.78 is 21.1. The zero-order valence-corrected chi connectivity index (χ0v) is 8.92. The highest BCUT2D eigenvalue weighted by molar-refractivity contribution is 9.10. The number of benzene rings is 1. The van der Waals surface area contributed by atoms with E-state index >= 15 is 0 Å². The van der Waals surface area contributed by atoms with Crippen molar-refractivity contribution in [1.29, 1.82) is 0 Å². The molecule has 0 saturated carbocycles. The molecule has 0 bridgehead atoms. The lowest BCUT2D eigenvalue weighted by Crippen LogP contribution is -1.88. The van der Waals surface area contributed by atoms with E-state index in [0.717, 1.165) is 4.47 Å². The Balaban J connectivity index is 2.63. The molecule has 70 valence electrons. The van der Waals surface area contributed by atoms with E-state index in [4.69, 9.17) is 0 Å². The first-order valence-corrected chi connectivity index (χ1v) is 5.41. The summed E-state index contributed by atoms with van der Waals surface area (Å²) in [5, 5.41) is 7.18. The molecule has 13 heavy (non-hydrogen) atoms. The molecule has 0 aliphatic rings. The molecular weight excluding hydrogens is 256 g/mol. The van der Waals surface area contributed by atoms with Crippen molar-refractivity contribution in [3.63, 3.8) is 0 Å². The predicted molar refractivity (Wildman–Crippen MR) is 52.4 cm³/mol. The Morgan fingerprint density at radius 3 is 2.92 bits per heavy atom. The first kappa shape index (κ1) is 10.5. The molecule has 0 aliphatic carbocycles. The van der Waals surface area contributed by atoms with Gasteiger partial charge in [-0.25, -0.2) is 0 Å². The number of rotatable bonds is 3. The molecular formula is C7H6BrN2O2S-. The van der Waals surface area contributed by atoms with Gasteiger partial charge in [0.15, 0.2) is 0 Å². The fourth-order valence-corrected chi connectivity index (χ4v) is 1.24. The van der Waals surface area contributed by atoms with Gasteiger partial charge in [0.1, 0.15) is 5.88 Å². The van der Waals surface area contributed by atoms with Gasteiger partial charge in [0, 0.05) is 4.47 Å². The third-order valence-corrected chi connectivity index (χ3v) is 1.98. The van der Waals surface area contributed by atoms with Crippen LogP contribution in [0.1, 0.15) is 0 Å². The summed E-state index contributed by atoms with van der Waals surface area (Å²) in [5.41, 5.74) is 0.625. The second-order valence-corrected chi connectivity index (χ2v) is 3.94. The van der Waals surface area contributed by atoms with Crippen molar-refractivity contribution in [2.45, 2.75) is 0 Å². The summed E-state index contributed by atoms with van der Waals surface area (Å²) in [6.45, 7) is 0. The molecule has 1 unspecified atom stereocenters. The highest BCUT2D eigenvalue weighted by Crippen LogP contribution is 2.18. The predicted octanol–water partition coefficient (Wildman–Crippen LogP) is 2.37. The maximum atomic E-state index is 10.1. The first-order chi connectivity index (χ1) is 6.18. The second-order valence-electron chi connectivity index (χ2n) is 2.15. The summed E-state index contributed by atoms with van der Waals surface area (Å²) in [5.74, 6) is -0.299. The molecule has 0 amide bonds. The van der Waals surface area contributed by atoms with Crippen molar-refractivity contribution < 1.29 is 8.76 Å². The summed E-state index contributed by atoms with van der Waals surface area (Å²) >= 11 is 1.09. The average molecular weight is 262 g/mol. The van der Waals surface area contributed by atoms with Gasteiger partial charge in [0.2, 0.25) is 0 Å². The Kier molecular flexibility index (Phi) is 4.20. The van der Waals surface area contributed by atoms with Crippen LogP contribution in [0.4, 0.5) is 5.69 Å². The van der Waals surface area contributed by atoms with Crippen LogP contribution in [0.2, 0.25) is 0 Å². The van der Waals surface area contributed by atoms with E-state index in [9.17, 15) is 8.76 Å². The van der Waals surface area contributed by atoms with E-state index < -0.39 is 11.1 Å². The van der Waals surface area contributed by atoms with Gasteiger partial charge in [-0.3, -0.25) is 4.21 Å². The summed E-state index contributed by atoms with van der Waals surface area (Å²) in [6.07, 6.45) is 0.